The van der Waals surface area contributed by atoms with Crippen LogP contribution in [0.3, 0.4) is 0 Å². The molecule has 0 aliphatic carbocycles. The predicted octanol–water partition coefficient (Wildman–Crippen LogP) is 4.21. The van der Waals surface area contributed by atoms with Crippen LogP contribution in [0.4, 0.5) is 0 Å². The number of hydrogen-bond acceptors (Lipinski definition) is 3. The highest BCUT2D eigenvalue weighted by Crippen LogP contribution is 2.18. The van der Waals surface area contributed by atoms with Gasteiger partial charge in [0.1, 0.15) is 5.75 Å². The molecule has 0 atom stereocenters. The molecule has 0 saturated heterocycles. The largest absolute Gasteiger partial charge is 0.497 e. The fourth-order valence-electron chi connectivity index (χ4n) is 2.83. The second kappa shape index (κ2) is 8.70. The number of para-hydroxylation sites is 1. The van der Waals surface area contributed by atoms with Crippen LogP contribution in [0.1, 0.15) is 22.5 Å². The van der Waals surface area contributed by atoms with Crippen molar-refractivity contribution in [3.63, 3.8) is 0 Å². The smallest absolute Gasteiger partial charge is 0.118 e. The molecule has 0 aliphatic rings. The van der Waals surface area contributed by atoms with Gasteiger partial charge in [-0.05, 0) is 43.7 Å². The SMILES string of the molecule is COc1ccc(CNCc2c(C)nn(-c3ccccc3)c2C)cc1.Cl. The zero-order chi connectivity index (χ0) is 16.9. The van der Waals surface area contributed by atoms with E-state index in [9.17, 15) is 0 Å². The lowest BCUT2D eigenvalue weighted by atomic mass is 10.1. The summed E-state index contributed by atoms with van der Waals surface area (Å²) in [6, 6.07) is 18.4. The van der Waals surface area contributed by atoms with Crippen molar-refractivity contribution >= 4 is 12.4 Å². The first-order chi connectivity index (χ1) is 11.7. The van der Waals surface area contributed by atoms with Gasteiger partial charge >= 0.3 is 0 Å². The number of rotatable bonds is 6. The molecule has 1 heterocycles. The number of halogens is 1. The Morgan fingerprint density at radius 1 is 0.960 bits per heavy atom. The van der Waals surface area contributed by atoms with Crippen molar-refractivity contribution in [1.29, 1.82) is 0 Å². The average Bonchev–Trinajstić information content (AvgIpc) is 2.91. The van der Waals surface area contributed by atoms with Crippen molar-refractivity contribution in [3.8, 4) is 11.4 Å². The third kappa shape index (κ3) is 4.41. The van der Waals surface area contributed by atoms with Gasteiger partial charge in [0.25, 0.3) is 0 Å². The Labute approximate surface area is 155 Å². The number of aromatic nitrogens is 2. The van der Waals surface area contributed by atoms with E-state index in [4.69, 9.17) is 4.74 Å². The summed E-state index contributed by atoms with van der Waals surface area (Å²) < 4.78 is 7.20. The van der Waals surface area contributed by atoms with Crippen molar-refractivity contribution in [3.05, 3.63) is 77.1 Å². The van der Waals surface area contributed by atoms with E-state index in [2.05, 4.69) is 48.5 Å². The fraction of sp³-hybridized carbons (Fsp3) is 0.250. The number of hydrogen-bond donors (Lipinski definition) is 1. The monoisotopic (exact) mass is 357 g/mol. The van der Waals surface area contributed by atoms with Crippen molar-refractivity contribution < 1.29 is 4.74 Å². The molecule has 3 rings (SSSR count). The normalized spacial score (nSPS) is 10.4. The average molecular weight is 358 g/mol. The molecular weight excluding hydrogens is 334 g/mol. The third-order valence-electron chi connectivity index (χ3n) is 4.23. The van der Waals surface area contributed by atoms with Gasteiger partial charge in [-0.2, -0.15) is 5.10 Å². The maximum atomic E-state index is 5.19. The van der Waals surface area contributed by atoms with Crippen LogP contribution in [0.25, 0.3) is 5.69 Å². The number of benzene rings is 2. The molecule has 0 bridgehead atoms. The highest BCUT2D eigenvalue weighted by Gasteiger charge is 2.12. The summed E-state index contributed by atoms with van der Waals surface area (Å²) in [5.41, 5.74) is 5.84. The zero-order valence-corrected chi connectivity index (χ0v) is 15.6. The van der Waals surface area contributed by atoms with E-state index in [-0.39, 0.29) is 12.4 Å². The van der Waals surface area contributed by atoms with Gasteiger partial charge < -0.3 is 10.1 Å². The van der Waals surface area contributed by atoms with Crippen LogP contribution in [-0.4, -0.2) is 16.9 Å². The van der Waals surface area contributed by atoms with Gasteiger partial charge in [-0.1, -0.05) is 30.3 Å². The summed E-state index contributed by atoms with van der Waals surface area (Å²) in [7, 11) is 1.68. The van der Waals surface area contributed by atoms with E-state index >= 15 is 0 Å². The Balaban J connectivity index is 0.00000225. The van der Waals surface area contributed by atoms with Crippen LogP contribution in [0, 0.1) is 13.8 Å². The molecule has 3 aromatic rings. The molecule has 4 nitrogen and oxygen atoms in total. The maximum absolute atomic E-state index is 5.19. The molecular formula is C20H24ClN3O. The minimum absolute atomic E-state index is 0. The lowest BCUT2D eigenvalue weighted by Gasteiger charge is -2.08. The van der Waals surface area contributed by atoms with Gasteiger partial charge in [-0.3, -0.25) is 0 Å². The van der Waals surface area contributed by atoms with E-state index in [0.717, 1.165) is 30.2 Å². The molecule has 25 heavy (non-hydrogen) atoms. The molecule has 5 heteroatoms. The van der Waals surface area contributed by atoms with Gasteiger partial charge in [0, 0.05) is 24.3 Å². The molecule has 0 spiro atoms. The second-order valence-electron chi connectivity index (χ2n) is 5.85. The fourth-order valence-corrected chi connectivity index (χ4v) is 2.83. The Hall–Kier alpha value is -2.30. The summed E-state index contributed by atoms with van der Waals surface area (Å²) in [5, 5.41) is 8.20. The highest BCUT2D eigenvalue weighted by molar-refractivity contribution is 5.85. The van der Waals surface area contributed by atoms with Crippen molar-refractivity contribution in [2.45, 2.75) is 26.9 Å². The van der Waals surface area contributed by atoms with Gasteiger partial charge in [0.2, 0.25) is 0 Å². The standard InChI is InChI=1S/C20H23N3O.ClH/c1-15-20(14-21-13-17-9-11-19(24-3)12-10-17)16(2)23(22-15)18-7-5-4-6-8-18;/h4-12,21H,13-14H2,1-3H3;1H. The van der Waals surface area contributed by atoms with Gasteiger partial charge in [-0.15, -0.1) is 12.4 Å². The third-order valence-corrected chi connectivity index (χ3v) is 4.23. The summed E-state index contributed by atoms with van der Waals surface area (Å²) in [6.45, 7) is 5.81. The minimum atomic E-state index is 0. The van der Waals surface area contributed by atoms with E-state index in [1.807, 2.05) is 35.0 Å². The van der Waals surface area contributed by atoms with E-state index in [1.165, 1.54) is 16.8 Å². The number of methoxy groups -OCH3 is 1. The predicted molar refractivity (Wildman–Crippen MR) is 104 cm³/mol. The Morgan fingerprint density at radius 2 is 1.64 bits per heavy atom. The first kappa shape index (κ1) is 19.0. The van der Waals surface area contributed by atoms with E-state index in [0.29, 0.717) is 0 Å². The summed E-state index contributed by atoms with van der Waals surface area (Å²) >= 11 is 0. The molecule has 0 amide bonds. The molecule has 2 aromatic carbocycles. The first-order valence-corrected chi connectivity index (χ1v) is 8.13. The molecule has 1 aromatic heterocycles. The molecule has 0 saturated carbocycles. The molecule has 0 radical (unpaired) electrons. The maximum Gasteiger partial charge on any atom is 0.118 e. The van der Waals surface area contributed by atoms with E-state index in [1.54, 1.807) is 7.11 Å². The second-order valence-corrected chi connectivity index (χ2v) is 5.85. The summed E-state index contributed by atoms with van der Waals surface area (Å²) in [4.78, 5) is 0. The van der Waals surface area contributed by atoms with E-state index < -0.39 is 0 Å². The van der Waals surface area contributed by atoms with Crippen molar-refractivity contribution in [2.24, 2.45) is 0 Å². The van der Waals surface area contributed by atoms with Crippen LogP contribution >= 0.6 is 12.4 Å². The van der Waals surface area contributed by atoms with Gasteiger partial charge in [-0.25, -0.2) is 4.68 Å². The van der Waals surface area contributed by atoms with Crippen molar-refractivity contribution in [1.82, 2.24) is 15.1 Å². The molecule has 132 valence electrons. The van der Waals surface area contributed by atoms with Crippen LogP contribution in [0.5, 0.6) is 5.75 Å². The topological polar surface area (TPSA) is 39.1 Å². The lowest BCUT2D eigenvalue weighted by Crippen LogP contribution is -2.14. The molecule has 0 aliphatic heterocycles. The number of nitrogens with zero attached hydrogens (tertiary/aromatic N) is 2. The Morgan fingerprint density at radius 3 is 2.28 bits per heavy atom. The van der Waals surface area contributed by atoms with Crippen LogP contribution < -0.4 is 10.1 Å². The zero-order valence-electron chi connectivity index (χ0n) is 14.8. The van der Waals surface area contributed by atoms with Crippen LogP contribution in [0.2, 0.25) is 0 Å². The minimum Gasteiger partial charge on any atom is -0.497 e. The first-order valence-electron chi connectivity index (χ1n) is 8.13. The molecule has 0 fully saturated rings. The number of aryl methyl sites for hydroxylation is 1. The highest BCUT2D eigenvalue weighted by atomic mass is 35.5. The summed E-state index contributed by atoms with van der Waals surface area (Å²) in [6.07, 6.45) is 0. The molecule has 1 N–H and O–H groups in total. The van der Waals surface area contributed by atoms with Crippen LogP contribution in [0.15, 0.2) is 54.6 Å². The van der Waals surface area contributed by atoms with Gasteiger partial charge in [0.15, 0.2) is 0 Å². The summed E-state index contributed by atoms with van der Waals surface area (Å²) in [5.74, 6) is 0.884. The number of ether oxygens (including phenoxy) is 1. The molecule has 0 unspecified atom stereocenters. The lowest BCUT2D eigenvalue weighted by molar-refractivity contribution is 0.414. The van der Waals surface area contributed by atoms with Crippen molar-refractivity contribution in [2.75, 3.05) is 7.11 Å². The Kier molecular flexibility index (Phi) is 6.62. The van der Waals surface area contributed by atoms with Gasteiger partial charge in [0.05, 0.1) is 18.5 Å². The number of nitrogens with one attached hydrogen (secondary N) is 1. The quantitative estimate of drug-likeness (QED) is 0.718. The Bertz CT molecular complexity index is 798. The van der Waals surface area contributed by atoms with Crippen LogP contribution in [-0.2, 0) is 13.1 Å².